The van der Waals surface area contributed by atoms with Gasteiger partial charge in [-0.05, 0) is 251 Å². The first-order valence-electron chi connectivity index (χ1n) is 29.7. The molecule has 0 N–H and O–H groups in total. The molecule has 0 unspecified atom stereocenters. The Hall–Kier alpha value is -2.89. The number of carbonyl (C=O) groups is 2. The van der Waals surface area contributed by atoms with Gasteiger partial charge in [0.2, 0.25) is 11.8 Å². The first kappa shape index (κ1) is 60.2. The van der Waals surface area contributed by atoms with Crippen molar-refractivity contribution in [2.45, 2.75) is 152 Å². The molecule has 4 aromatic carbocycles. The molecule has 0 bridgehead atoms. The molecule has 77 heavy (non-hydrogen) atoms. The summed E-state index contributed by atoms with van der Waals surface area (Å²) in [7, 11) is 0. The van der Waals surface area contributed by atoms with E-state index in [0.29, 0.717) is 44.8 Å². The zero-order valence-corrected chi connectivity index (χ0v) is 49.7. The highest BCUT2D eigenvalue weighted by atomic mass is 35.5. The second-order valence-electron chi connectivity index (χ2n) is 23.0. The van der Waals surface area contributed by atoms with Gasteiger partial charge in [0.25, 0.3) is 0 Å². The Balaban J connectivity index is 0.000000201. The van der Waals surface area contributed by atoms with Crippen molar-refractivity contribution in [1.29, 1.82) is 0 Å². The third kappa shape index (κ3) is 17.1. The summed E-state index contributed by atoms with van der Waals surface area (Å²) >= 11 is 25.4. The molecular formula is C64H87Cl5N6O2. The van der Waals surface area contributed by atoms with Crippen LogP contribution in [0.25, 0.3) is 0 Å². The SMILES string of the molecule is Cl.O=C([C@@H](Cc1ccc(Cl)cc1Cl)N1CCCCC1)N1CCC(c2ccccc2CCCN2CCCC2)CC1.O=C([C@@H](Cc1ccc(Cl)cc1Cl)N1CCCCC1)N1CCC(c2ccccc2CCCN2CCCC2)CC1. The molecule has 13 heteroatoms. The molecule has 0 saturated carbocycles. The van der Waals surface area contributed by atoms with Gasteiger partial charge in [-0.1, -0.05) is 120 Å². The van der Waals surface area contributed by atoms with Crippen molar-refractivity contribution in [3.8, 4) is 0 Å². The van der Waals surface area contributed by atoms with Gasteiger partial charge in [-0.25, -0.2) is 0 Å². The average molecular weight is 1150 g/mol. The first-order valence-corrected chi connectivity index (χ1v) is 31.2. The smallest absolute Gasteiger partial charge is 0.240 e. The third-order valence-electron chi connectivity index (χ3n) is 17.9. The highest BCUT2D eigenvalue weighted by Gasteiger charge is 2.36. The van der Waals surface area contributed by atoms with E-state index in [1.807, 2.05) is 24.3 Å². The zero-order chi connectivity index (χ0) is 52.6. The van der Waals surface area contributed by atoms with Crippen molar-refractivity contribution in [3.05, 3.63) is 138 Å². The minimum Gasteiger partial charge on any atom is -0.341 e. The second kappa shape index (κ2) is 30.8. The van der Waals surface area contributed by atoms with Crippen molar-refractivity contribution < 1.29 is 9.59 Å². The summed E-state index contributed by atoms with van der Waals surface area (Å²) in [5.74, 6) is 1.63. The normalized spacial score (nSPS) is 20.4. The van der Waals surface area contributed by atoms with Gasteiger partial charge in [-0.15, -0.1) is 12.4 Å². The van der Waals surface area contributed by atoms with E-state index in [9.17, 15) is 9.59 Å². The molecule has 6 saturated heterocycles. The van der Waals surface area contributed by atoms with Crippen LogP contribution in [0.2, 0.25) is 20.1 Å². The van der Waals surface area contributed by atoms with Crippen molar-refractivity contribution in [3.63, 3.8) is 0 Å². The van der Waals surface area contributed by atoms with Crippen LogP contribution in [0.3, 0.4) is 0 Å². The topological polar surface area (TPSA) is 53.6 Å². The Morgan fingerprint density at radius 3 is 1.14 bits per heavy atom. The molecule has 6 aliphatic heterocycles. The maximum atomic E-state index is 14.0. The quantitative estimate of drug-likeness (QED) is 0.0990. The van der Waals surface area contributed by atoms with Gasteiger partial charge in [-0.3, -0.25) is 19.4 Å². The summed E-state index contributed by atoms with van der Waals surface area (Å²) in [5, 5.41) is 2.59. The van der Waals surface area contributed by atoms with Crippen LogP contribution in [-0.4, -0.2) is 145 Å². The number of nitrogens with zero attached hydrogens (tertiary/aromatic N) is 6. The van der Waals surface area contributed by atoms with Crippen molar-refractivity contribution in [2.24, 2.45) is 0 Å². The molecule has 0 radical (unpaired) electrons. The standard InChI is InChI=1S/2C32H43Cl2N3O.ClH/c2*33-28-13-12-27(30(34)24-28)23-31(36-19-4-1-5-20-36)32(38)37-21-14-26(15-22-37)29-11-3-2-9-25(29)10-8-18-35-16-6-7-17-35;/h2*2-3,9,11-13,24,26,31H,1,4-8,10,14-23H2;1H/t2*31-;/m11./s1. The van der Waals surface area contributed by atoms with E-state index in [1.165, 1.54) is 113 Å². The van der Waals surface area contributed by atoms with Crippen LogP contribution >= 0.6 is 58.8 Å². The summed E-state index contributed by atoms with van der Waals surface area (Å²) in [4.78, 5) is 42.2. The lowest BCUT2D eigenvalue weighted by Gasteiger charge is -2.39. The van der Waals surface area contributed by atoms with Gasteiger partial charge in [0.05, 0.1) is 12.1 Å². The Morgan fingerprint density at radius 2 is 0.779 bits per heavy atom. The first-order chi connectivity index (χ1) is 37.2. The maximum Gasteiger partial charge on any atom is 0.240 e. The van der Waals surface area contributed by atoms with E-state index in [2.05, 4.69) is 77.9 Å². The van der Waals surface area contributed by atoms with Crippen molar-refractivity contribution in [1.82, 2.24) is 29.4 Å². The predicted molar refractivity (Wildman–Crippen MR) is 324 cm³/mol. The maximum absolute atomic E-state index is 14.0. The number of hydrogen-bond acceptors (Lipinski definition) is 6. The van der Waals surface area contributed by atoms with Crippen LogP contribution in [-0.2, 0) is 35.3 Å². The average Bonchev–Trinajstić information content (AvgIpc) is 4.19. The van der Waals surface area contributed by atoms with Gasteiger partial charge in [-0.2, -0.15) is 0 Å². The van der Waals surface area contributed by atoms with Crippen LogP contribution in [0.1, 0.15) is 148 Å². The lowest BCUT2D eigenvalue weighted by molar-refractivity contribution is -0.139. The molecule has 0 aliphatic carbocycles. The van der Waals surface area contributed by atoms with E-state index in [4.69, 9.17) is 46.4 Å². The fourth-order valence-corrected chi connectivity index (χ4v) is 14.5. The fourth-order valence-electron chi connectivity index (χ4n) is 13.6. The highest BCUT2D eigenvalue weighted by Crippen LogP contribution is 2.35. The zero-order valence-electron chi connectivity index (χ0n) is 45.9. The molecule has 4 aromatic rings. The van der Waals surface area contributed by atoms with Crippen LogP contribution in [0, 0.1) is 0 Å². The van der Waals surface area contributed by atoms with Crippen LogP contribution in [0.15, 0.2) is 84.9 Å². The van der Waals surface area contributed by atoms with E-state index in [-0.39, 0.29) is 36.3 Å². The minimum absolute atomic E-state index is 0. The second-order valence-corrected chi connectivity index (χ2v) is 24.7. The molecular weight excluding hydrogens is 1060 g/mol. The minimum atomic E-state index is -0.150. The highest BCUT2D eigenvalue weighted by molar-refractivity contribution is 6.35. The monoisotopic (exact) mass is 1150 g/mol. The van der Waals surface area contributed by atoms with Crippen LogP contribution in [0.4, 0.5) is 0 Å². The van der Waals surface area contributed by atoms with Crippen LogP contribution in [0.5, 0.6) is 0 Å². The van der Waals surface area contributed by atoms with Crippen LogP contribution < -0.4 is 0 Å². The number of likely N-dealkylation sites (tertiary alicyclic amines) is 6. The van der Waals surface area contributed by atoms with Gasteiger partial charge in [0.15, 0.2) is 0 Å². The number of aryl methyl sites for hydroxylation is 2. The fraction of sp³-hybridized carbons (Fsp3) is 0.594. The molecule has 6 heterocycles. The summed E-state index contributed by atoms with van der Waals surface area (Å²) in [6.07, 6.45) is 22.9. The summed E-state index contributed by atoms with van der Waals surface area (Å²) < 4.78 is 0. The van der Waals surface area contributed by atoms with Gasteiger partial charge >= 0.3 is 0 Å². The summed E-state index contributed by atoms with van der Waals surface area (Å²) in [6.45, 7) is 14.8. The number of rotatable bonds is 18. The Kier molecular flexibility index (Phi) is 24.1. The van der Waals surface area contributed by atoms with Gasteiger partial charge in [0.1, 0.15) is 0 Å². The number of carbonyl (C=O) groups excluding carboxylic acids is 2. The Bertz CT molecular complexity index is 2290. The summed E-state index contributed by atoms with van der Waals surface area (Å²) in [6, 6.07) is 29.2. The molecule has 10 rings (SSSR count). The molecule has 420 valence electrons. The molecule has 8 nitrogen and oxygen atoms in total. The Morgan fingerprint density at radius 1 is 0.429 bits per heavy atom. The predicted octanol–water partition coefficient (Wildman–Crippen LogP) is 14.1. The largest absolute Gasteiger partial charge is 0.341 e. The lowest BCUT2D eigenvalue weighted by atomic mass is 9.85. The van der Waals surface area contributed by atoms with Gasteiger partial charge in [0, 0.05) is 46.3 Å². The van der Waals surface area contributed by atoms with E-state index in [0.717, 1.165) is 128 Å². The van der Waals surface area contributed by atoms with Crippen molar-refractivity contribution >= 4 is 70.6 Å². The van der Waals surface area contributed by atoms with Gasteiger partial charge < -0.3 is 19.6 Å². The number of benzene rings is 4. The lowest BCUT2D eigenvalue weighted by Crippen LogP contribution is -2.53. The third-order valence-corrected chi connectivity index (χ3v) is 19.1. The van der Waals surface area contributed by atoms with E-state index in [1.54, 1.807) is 12.1 Å². The number of halogens is 5. The Labute approximate surface area is 488 Å². The number of piperidine rings is 4. The number of amides is 2. The number of hydrogen-bond donors (Lipinski definition) is 0. The molecule has 2 atom stereocenters. The molecule has 0 aromatic heterocycles. The van der Waals surface area contributed by atoms with E-state index < -0.39 is 0 Å². The molecule has 0 spiro atoms. The van der Waals surface area contributed by atoms with E-state index >= 15 is 0 Å². The summed E-state index contributed by atoms with van der Waals surface area (Å²) in [5.41, 5.74) is 8.08. The van der Waals surface area contributed by atoms with Crippen molar-refractivity contribution in [2.75, 3.05) is 91.6 Å². The molecule has 6 fully saturated rings. The molecule has 2 amide bonds. The molecule has 6 aliphatic rings.